The third-order valence-electron chi connectivity index (χ3n) is 2.24. The van der Waals surface area contributed by atoms with Crippen LogP contribution in [0.15, 0.2) is 0 Å². The van der Waals surface area contributed by atoms with Crippen molar-refractivity contribution in [1.82, 2.24) is 0 Å². The minimum atomic E-state index is -3.57. The zero-order chi connectivity index (χ0) is 9.73. The van der Waals surface area contributed by atoms with Crippen molar-refractivity contribution in [3.63, 3.8) is 0 Å². The molecule has 12 heavy (non-hydrogen) atoms. The summed E-state index contributed by atoms with van der Waals surface area (Å²) in [6.45, 7) is -0.174. The Hall–Kier alpha value is 0.150. The van der Waals surface area contributed by atoms with E-state index in [1.54, 1.807) is 0 Å². The lowest BCUT2D eigenvalue weighted by molar-refractivity contribution is 0.189. The minimum absolute atomic E-state index is 0.354. The molecule has 0 heterocycles. The summed E-state index contributed by atoms with van der Waals surface area (Å²) in [6, 6.07) is 0. The van der Waals surface area contributed by atoms with Crippen molar-refractivity contribution < 1.29 is 15.4 Å². The largest absolute Gasteiger partial charge is 0.325 e. The fraction of sp³-hybridized carbons (Fsp3) is 1.00. The quantitative estimate of drug-likeness (QED) is 0.700. The Balaban J connectivity index is 2.21. The maximum atomic E-state index is 11.0. The van der Waals surface area contributed by atoms with Crippen molar-refractivity contribution >= 4 is 7.60 Å². The molecule has 3 nitrogen and oxygen atoms in total. The Labute approximate surface area is 75.1 Å². The maximum Gasteiger partial charge on any atom is 0.325 e. The average Bonchev–Trinajstić information content (AvgIpc) is 2.17. The molecule has 1 atom stereocenters. The zero-order valence-electron chi connectivity index (χ0n) is 8.24. The van der Waals surface area contributed by atoms with Crippen LogP contribution in [0.2, 0.25) is 0 Å². The van der Waals surface area contributed by atoms with Crippen molar-refractivity contribution in [1.29, 1.82) is 0 Å². The molecule has 4 heteroatoms. The van der Waals surface area contributed by atoms with Gasteiger partial charge in [0.25, 0.3) is 0 Å². The predicted molar refractivity (Wildman–Crippen MR) is 48.3 cm³/mol. The molecule has 1 N–H and O–H groups in total. The highest BCUT2D eigenvalue weighted by molar-refractivity contribution is 7.51. The third-order valence-corrected chi connectivity index (χ3v) is 2.79. The second-order valence-corrected chi connectivity index (χ2v) is 4.97. The van der Waals surface area contributed by atoms with E-state index in [2.05, 4.69) is 0 Å². The predicted octanol–water partition coefficient (Wildman–Crippen LogP) is 2.40. The van der Waals surface area contributed by atoms with Gasteiger partial charge >= 0.3 is 7.60 Å². The van der Waals surface area contributed by atoms with Gasteiger partial charge in [-0.2, -0.15) is 0 Å². The molecule has 72 valence electrons. The standard InChI is InChI=1S/C8H17O3P/c1-12(9,10)11-7-8-5-3-2-4-6-8/h8H,2-7H2,1H3,(H,9,10)/i1D. The third kappa shape index (κ3) is 4.24. The van der Waals surface area contributed by atoms with Gasteiger partial charge in [0, 0.05) is 8.01 Å². The van der Waals surface area contributed by atoms with E-state index in [-0.39, 0.29) is 0 Å². The first kappa shape index (κ1) is 8.74. The summed E-state index contributed by atoms with van der Waals surface area (Å²) in [6.07, 6.45) is 5.86. The van der Waals surface area contributed by atoms with Gasteiger partial charge in [-0.15, -0.1) is 0 Å². The van der Waals surface area contributed by atoms with E-state index in [1.165, 1.54) is 19.3 Å². The molecule has 0 bridgehead atoms. The summed E-state index contributed by atoms with van der Waals surface area (Å²) in [4.78, 5) is 9.00. The first-order valence-electron chi connectivity index (χ1n) is 5.10. The van der Waals surface area contributed by atoms with E-state index < -0.39 is 14.2 Å². The molecule has 0 aromatic heterocycles. The SMILES string of the molecule is [2H]CP(=O)(O)OCC1CCCCC1. The molecule has 0 radical (unpaired) electrons. The second kappa shape index (κ2) is 4.40. The van der Waals surface area contributed by atoms with Gasteiger partial charge in [-0.25, -0.2) is 0 Å². The van der Waals surface area contributed by atoms with Crippen molar-refractivity contribution in [3.8, 4) is 0 Å². The summed E-state index contributed by atoms with van der Waals surface area (Å²) < 4.78 is 22.6. The molecule has 0 aromatic rings. The summed E-state index contributed by atoms with van der Waals surface area (Å²) in [7, 11) is -3.57. The van der Waals surface area contributed by atoms with Gasteiger partial charge in [0.1, 0.15) is 0 Å². The van der Waals surface area contributed by atoms with Crippen LogP contribution in [-0.2, 0) is 9.09 Å². The monoisotopic (exact) mass is 193 g/mol. The molecule has 1 aliphatic carbocycles. The highest BCUT2D eigenvalue weighted by atomic mass is 31.2. The van der Waals surface area contributed by atoms with E-state index in [1.807, 2.05) is 0 Å². The Bertz CT molecular complexity index is 192. The fourth-order valence-corrected chi connectivity index (χ4v) is 2.02. The zero-order valence-corrected chi connectivity index (χ0v) is 8.13. The van der Waals surface area contributed by atoms with Gasteiger partial charge in [-0.3, -0.25) is 4.57 Å². The van der Waals surface area contributed by atoms with Crippen LogP contribution in [-0.4, -0.2) is 18.1 Å². The fourth-order valence-electron chi connectivity index (χ4n) is 1.58. The smallest absolute Gasteiger partial charge is 0.324 e. The number of rotatable bonds is 3. The highest BCUT2D eigenvalue weighted by Gasteiger charge is 2.17. The Morgan fingerprint density at radius 1 is 1.58 bits per heavy atom. The van der Waals surface area contributed by atoms with E-state index in [9.17, 15) is 4.57 Å². The summed E-state index contributed by atoms with van der Waals surface area (Å²) in [5.41, 5.74) is 0. The van der Waals surface area contributed by atoms with Crippen molar-refractivity contribution in [2.45, 2.75) is 32.1 Å². The van der Waals surface area contributed by atoms with E-state index in [0.29, 0.717) is 12.5 Å². The van der Waals surface area contributed by atoms with Crippen molar-refractivity contribution in [2.24, 2.45) is 5.92 Å². The lowest BCUT2D eigenvalue weighted by atomic mass is 9.90. The normalized spacial score (nSPS) is 26.2. The van der Waals surface area contributed by atoms with Gasteiger partial charge in [0.15, 0.2) is 0 Å². The second-order valence-electron chi connectivity index (χ2n) is 3.44. The van der Waals surface area contributed by atoms with Crippen molar-refractivity contribution in [2.75, 3.05) is 13.2 Å². The summed E-state index contributed by atoms with van der Waals surface area (Å²) in [5.74, 6) is 0.431. The van der Waals surface area contributed by atoms with E-state index >= 15 is 0 Å². The van der Waals surface area contributed by atoms with Gasteiger partial charge in [-0.1, -0.05) is 19.3 Å². The van der Waals surface area contributed by atoms with Crippen LogP contribution in [0.3, 0.4) is 0 Å². The molecule has 1 aliphatic rings. The van der Waals surface area contributed by atoms with Gasteiger partial charge in [0.2, 0.25) is 0 Å². The van der Waals surface area contributed by atoms with Crippen LogP contribution >= 0.6 is 7.60 Å². The number of hydrogen-bond donors (Lipinski definition) is 1. The van der Waals surface area contributed by atoms with Crippen LogP contribution in [0.1, 0.15) is 33.5 Å². The van der Waals surface area contributed by atoms with Crippen LogP contribution in [0.25, 0.3) is 0 Å². The molecule has 0 aromatic carbocycles. The van der Waals surface area contributed by atoms with Gasteiger partial charge < -0.3 is 9.42 Å². The summed E-state index contributed by atoms with van der Waals surface area (Å²) in [5, 5.41) is 0. The van der Waals surface area contributed by atoms with Crippen LogP contribution < -0.4 is 0 Å². The lowest BCUT2D eigenvalue weighted by Gasteiger charge is -2.21. The van der Waals surface area contributed by atoms with Gasteiger partial charge in [0.05, 0.1) is 6.61 Å². The van der Waals surface area contributed by atoms with Crippen molar-refractivity contribution in [3.05, 3.63) is 0 Å². The summed E-state index contributed by atoms with van der Waals surface area (Å²) >= 11 is 0. The molecule has 1 fully saturated rings. The highest BCUT2D eigenvalue weighted by Crippen LogP contribution is 2.38. The first-order chi connectivity index (χ1) is 6.14. The maximum absolute atomic E-state index is 11.0. The van der Waals surface area contributed by atoms with Crippen LogP contribution in [0.4, 0.5) is 0 Å². The van der Waals surface area contributed by atoms with Crippen LogP contribution in [0.5, 0.6) is 0 Å². The minimum Gasteiger partial charge on any atom is -0.324 e. The molecule has 1 saturated carbocycles. The molecule has 0 spiro atoms. The van der Waals surface area contributed by atoms with E-state index in [0.717, 1.165) is 12.8 Å². The molecule has 1 unspecified atom stereocenters. The average molecular weight is 193 g/mol. The molecule has 1 rings (SSSR count). The van der Waals surface area contributed by atoms with Crippen LogP contribution in [0, 0.1) is 5.92 Å². The Morgan fingerprint density at radius 3 is 2.83 bits per heavy atom. The Kier molecular flexibility index (Phi) is 3.21. The molecular formula is C8H17O3P. The molecular weight excluding hydrogens is 175 g/mol. The first-order valence-corrected chi connectivity index (χ1v) is 6.16. The number of hydrogen-bond acceptors (Lipinski definition) is 2. The molecule has 0 saturated heterocycles. The topological polar surface area (TPSA) is 46.5 Å². The van der Waals surface area contributed by atoms with Gasteiger partial charge in [-0.05, 0) is 18.8 Å². The lowest BCUT2D eigenvalue weighted by Crippen LogP contribution is -2.12. The Morgan fingerprint density at radius 2 is 2.25 bits per heavy atom. The van der Waals surface area contributed by atoms with E-state index in [4.69, 9.17) is 10.8 Å². The molecule has 0 amide bonds. The molecule has 0 aliphatic heterocycles.